The predicted octanol–water partition coefficient (Wildman–Crippen LogP) is 3.53. The van der Waals surface area contributed by atoms with E-state index in [0.29, 0.717) is 6.54 Å². The molecule has 1 N–H and O–H groups in total. The van der Waals surface area contributed by atoms with Crippen molar-refractivity contribution in [1.82, 2.24) is 4.90 Å². The van der Waals surface area contributed by atoms with E-state index in [1.807, 2.05) is 12.1 Å². The van der Waals surface area contributed by atoms with E-state index < -0.39 is 11.4 Å². The van der Waals surface area contributed by atoms with Crippen LogP contribution in [0.2, 0.25) is 0 Å². The van der Waals surface area contributed by atoms with Crippen molar-refractivity contribution in [2.45, 2.75) is 32.7 Å². The maximum Gasteiger partial charge on any atom is 0.310 e. The summed E-state index contributed by atoms with van der Waals surface area (Å²) in [6.07, 6.45) is 2.48. The number of hydrogen-bond donors (Lipinski definition) is 1. The van der Waals surface area contributed by atoms with Gasteiger partial charge in [0.05, 0.1) is 5.41 Å². The summed E-state index contributed by atoms with van der Waals surface area (Å²) < 4.78 is 1.07. The molecule has 4 heteroatoms. The number of aliphatic carboxylic acids is 1. The molecule has 1 aromatic carbocycles. The number of benzene rings is 1. The minimum absolute atomic E-state index is 0.524. The van der Waals surface area contributed by atoms with Gasteiger partial charge in [0.2, 0.25) is 0 Å². The van der Waals surface area contributed by atoms with Crippen molar-refractivity contribution in [2.75, 3.05) is 13.1 Å². The highest BCUT2D eigenvalue weighted by Crippen LogP contribution is 2.36. The maximum atomic E-state index is 11.5. The predicted molar refractivity (Wildman–Crippen MR) is 79.0 cm³/mol. The van der Waals surface area contributed by atoms with Gasteiger partial charge in [-0.3, -0.25) is 9.69 Å². The Morgan fingerprint density at radius 1 is 1.42 bits per heavy atom. The summed E-state index contributed by atoms with van der Waals surface area (Å²) in [5.74, 6) is -0.632. The van der Waals surface area contributed by atoms with E-state index in [0.717, 1.165) is 36.8 Å². The van der Waals surface area contributed by atoms with Crippen molar-refractivity contribution < 1.29 is 9.90 Å². The Bertz CT molecular complexity index is 446. The molecule has 1 heterocycles. The molecule has 3 nitrogen and oxygen atoms in total. The number of carboxylic acids is 1. The van der Waals surface area contributed by atoms with Gasteiger partial charge in [-0.1, -0.05) is 41.4 Å². The number of likely N-dealkylation sites (tertiary alicyclic amines) is 1. The number of halogens is 1. The van der Waals surface area contributed by atoms with Gasteiger partial charge >= 0.3 is 5.97 Å². The summed E-state index contributed by atoms with van der Waals surface area (Å²) in [6.45, 7) is 4.45. The highest BCUT2D eigenvalue weighted by Gasteiger charge is 2.43. The third-order valence-electron chi connectivity index (χ3n) is 3.93. The molecule has 0 amide bonds. The van der Waals surface area contributed by atoms with Crippen LogP contribution >= 0.6 is 15.9 Å². The molecule has 0 aliphatic carbocycles. The van der Waals surface area contributed by atoms with Gasteiger partial charge in [0.15, 0.2) is 0 Å². The van der Waals surface area contributed by atoms with Crippen LogP contribution in [0.3, 0.4) is 0 Å². The van der Waals surface area contributed by atoms with Crippen molar-refractivity contribution in [3.05, 3.63) is 34.3 Å². The van der Waals surface area contributed by atoms with Crippen LogP contribution in [0.25, 0.3) is 0 Å². The van der Waals surface area contributed by atoms with Crippen LogP contribution in [-0.2, 0) is 11.3 Å². The Labute approximate surface area is 122 Å². The first-order valence-electron chi connectivity index (χ1n) is 6.76. The monoisotopic (exact) mass is 325 g/mol. The summed E-state index contributed by atoms with van der Waals surface area (Å²) in [7, 11) is 0. The van der Waals surface area contributed by atoms with Gasteiger partial charge in [0.1, 0.15) is 0 Å². The quantitative estimate of drug-likeness (QED) is 0.900. The van der Waals surface area contributed by atoms with E-state index in [4.69, 9.17) is 0 Å². The van der Waals surface area contributed by atoms with E-state index >= 15 is 0 Å². The number of carbonyl (C=O) groups is 1. The minimum atomic E-state index is -0.632. The number of carboxylic acid groups (broad SMARTS) is 1. The highest BCUT2D eigenvalue weighted by atomic mass is 79.9. The molecule has 1 fully saturated rings. The fourth-order valence-corrected chi connectivity index (χ4v) is 3.17. The standard InChI is InChI=1S/C15H20BrNO2/c1-2-7-15(14(18)19)8-9-17(11-15)10-12-3-5-13(16)6-4-12/h3-6H,2,7-11H2,1H3,(H,18,19). The fourth-order valence-electron chi connectivity index (χ4n) is 2.91. The lowest BCUT2D eigenvalue weighted by atomic mass is 9.83. The van der Waals surface area contributed by atoms with Crippen LogP contribution < -0.4 is 0 Å². The van der Waals surface area contributed by atoms with Gasteiger partial charge in [-0.05, 0) is 37.1 Å². The molecule has 2 rings (SSSR count). The topological polar surface area (TPSA) is 40.5 Å². The second kappa shape index (κ2) is 6.06. The Morgan fingerprint density at radius 3 is 2.68 bits per heavy atom. The lowest BCUT2D eigenvalue weighted by Gasteiger charge is -2.24. The molecular weight excluding hydrogens is 306 g/mol. The van der Waals surface area contributed by atoms with Gasteiger partial charge in [-0.2, -0.15) is 0 Å². The fraction of sp³-hybridized carbons (Fsp3) is 0.533. The molecule has 1 unspecified atom stereocenters. The maximum absolute atomic E-state index is 11.5. The molecule has 1 aromatic rings. The minimum Gasteiger partial charge on any atom is -0.481 e. The van der Waals surface area contributed by atoms with Gasteiger partial charge < -0.3 is 5.11 Å². The van der Waals surface area contributed by atoms with E-state index in [9.17, 15) is 9.90 Å². The Morgan fingerprint density at radius 2 is 2.11 bits per heavy atom. The molecule has 0 aromatic heterocycles. The number of hydrogen-bond acceptors (Lipinski definition) is 2. The van der Waals surface area contributed by atoms with Crippen LogP contribution in [0.5, 0.6) is 0 Å². The van der Waals surface area contributed by atoms with Crippen LogP contribution in [0.15, 0.2) is 28.7 Å². The first-order valence-corrected chi connectivity index (χ1v) is 7.55. The highest BCUT2D eigenvalue weighted by molar-refractivity contribution is 9.10. The Hall–Kier alpha value is -0.870. The molecule has 0 saturated carbocycles. The van der Waals surface area contributed by atoms with Gasteiger partial charge in [0, 0.05) is 17.6 Å². The van der Waals surface area contributed by atoms with E-state index in [-0.39, 0.29) is 0 Å². The second-order valence-electron chi connectivity index (χ2n) is 5.42. The van der Waals surface area contributed by atoms with Crippen LogP contribution in [0.1, 0.15) is 31.7 Å². The lowest BCUT2D eigenvalue weighted by Crippen LogP contribution is -2.34. The number of rotatable bonds is 5. The average molecular weight is 326 g/mol. The summed E-state index contributed by atoms with van der Waals surface area (Å²) in [5.41, 5.74) is 0.713. The summed E-state index contributed by atoms with van der Waals surface area (Å²) in [5, 5.41) is 9.48. The molecule has 1 saturated heterocycles. The summed E-state index contributed by atoms with van der Waals surface area (Å²) >= 11 is 3.42. The van der Waals surface area contributed by atoms with Crippen molar-refractivity contribution in [2.24, 2.45) is 5.41 Å². The van der Waals surface area contributed by atoms with Gasteiger partial charge in [-0.25, -0.2) is 0 Å². The first kappa shape index (κ1) is 14.5. The molecule has 104 valence electrons. The van der Waals surface area contributed by atoms with E-state index in [1.54, 1.807) is 0 Å². The lowest BCUT2D eigenvalue weighted by molar-refractivity contribution is -0.148. The normalized spacial score (nSPS) is 23.7. The van der Waals surface area contributed by atoms with Crippen LogP contribution in [-0.4, -0.2) is 29.1 Å². The van der Waals surface area contributed by atoms with Crippen molar-refractivity contribution in [1.29, 1.82) is 0 Å². The zero-order valence-corrected chi connectivity index (χ0v) is 12.8. The SMILES string of the molecule is CCCC1(C(=O)O)CCN(Cc2ccc(Br)cc2)C1. The third-order valence-corrected chi connectivity index (χ3v) is 4.46. The van der Waals surface area contributed by atoms with Crippen molar-refractivity contribution in [3.8, 4) is 0 Å². The number of nitrogens with zero attached hydrogens (tertiary/aromatic N) is 1. The van der Waals surface area contributed by atoms with Crippen molar-refractivity contribution >= 4 is 21.9 Å². The summed E-state index contributed by atoms with van der Waals surface area (Å²) in [4.78, 5) is 13.8. The van der Waals surface area contributed by atoms with Crippen molar-refractivity contribution in [3.63, 3.8) is 0 Å². The summed E-state index contributed by atoms with van der Waals surface area (Å²) in [6, 6.07) is 8.24. The van der Waals surface area contributed by atoms with E-state index in [1.165, 1.54) is 5.56 Å². The smallest absolute Gasteiger partial charge is 0.310 e. The molecule has 0 bridgehead atoms. The molecule has 0 radical (unpaired) electrons. The Balaban J connectivity index is 2.01. The molecular formula is C15H20BrNO2. The molecule has 1 aliphatic rings. The molecule has 0 spiro atoms. The van der Waals surface area contributed by atoms with Gasteiger partial charge in [-0.15, -0.1) is 0 Å². The Kier molecular flexibility index (Phi) is 4.63. The van der Waals surface area contributed by atoms with E-state index in [2.05, 4.69) is 39.9 Å². The van der Waals surface area contributed by atoms with Gasteiger partial charge in [0.25, 0.3) is 0 Å². The third kappa shape index (κ3) is 3.37. The average Bonchev–Trinajstić information content (AvgIpc) is 2.77. The van der Waals surface area contributed by atoms with Crippen LogP contribution in [0, 0.1) is 5.41 Å². The zero-order valence-electron chi connectivity index (χ0n) is 11.2. The first-order chi connectivity index (χ1) is 9.05. The largest absolute Gasteiger partial charge is 0.481 e. The van der Waals surface area contributed by atoms with Crippen LogP contribution in [0.4, 0.5) is 0 Å². The zero-order chi connectivity index (χ0) is 13.9. The molecule has 1 atom stereocenters. The molecule has 19 heavy (non-hydrogen) atoms. The second-order valence-corrected chi connectivity index (χ2v) is 6.34. The molecule has 1 aliphatic heterocycles.